The van der Waals surface area contributed by atoms with Crippen molar-refractivity contribution in [3.63, 3.8) is 0 Å². The van der Waals surface area contributed by atoms with Gasteiger partial charge in [-0.15, -0.1) is 0 Å². The Morgan fingerprint density at radius 1 is 0.931 bits per heavy atom. The largest absolute Gasteiger partial charge is 0.497 e. The summed E-state index contributed by atoms with van der Waals surface area (Å²) in [5.41, 5.74) is 1.88. The molecule has 0 unspecified atom stereocenters. The van der Waals surface area contributed by atoms with Crippen LogP contribution < -0.4 is 14.8 Å². The van der Waals surface area contributed by atoms with Gasteiger partial charge in [0.05, 0.1) is 22.6 Å². The van der Waals surface area contributed by atoms with E-state index < -0.39 is 15.9 Å². The molecule has 0 aliphatic heterocycles. The third kappa shape index (κ3) is 5.07. The average Bonchev–Trinajstić information content (AvgIpc) is 2.70. The highest BCUT2D eigenvalue weighted by Crippen LogP contribution is 2.24. The lowest BCUT2D eigenvalue weighted by Crippen LogP contribution is -2.15. The summed E-state index contributed by atoms with van der Waals surface area (Å²) in [5.74, 6) is 0.199. The monoisotopic (exact) mass is 430 g/mol. The molecule has 6 nitrogen and oxygen atoms in total. The Labute approximate surface area is 174 Å². The normalized spacial score (nSPS) is 11.0. The number of amides is 1. The van der Waals surface area contributed by atoms with Crippen molar-refractivity contribution in [1.82, 2.24) is 0 Å². The molecule has 3 aromatic rings. The van der Waals surface area contributed by atoms with Crippen LogP contribution in [0.25, 0.3) is 0 Å². The Balaban J connectivity index is 1.81. The van der Waals surface area contributed by atoms with Gasteiger partial charge in [0.2, 0.25) is 0 Å². The van der Waals surface area contributed by atoms with Gasteiger partial charge in [0.15, 0.2) is 0 Å². The topological polar surface area (TPSA) is 84.5 Å². The van der Waals surface area contributed by atoms with Crippen LogP contribution in [0.2, 0.25) is 5.02 Å². The van der Waals surface area contributed by atoms with E-state index in [9.17, 15) is 13.2 Å². The number of carbonyl (C=O) groups is 1. The van der Waals surface area contributed by atoms with Crippen molar-refractivity contribution in [3.05, 3.63) is 82.9 Å². The molecule has 0 aliphatic rings. The standard InChI is InChI=1S/C21H19ClN2O4S/c1-14-3-10-18(11-4-14)29(26,27)24-16-7-12-20(22)19(13-16)21(25)23-15-5-8-17(28-2)9-6-15/h3-13,24H,1-2H3,(H,23,25). The van der Waals surface area contributed by atoms with Gasteiger partial charge in [0, 0.05) is 11.4 Å². The number of nitrogens with one attached hydrogen (secondary N) is 2. The van der Waals surface area contributed by atoms with Crippen LogP contribution in [0.15, 0.2) is 71.6 Å². The van der Waals surface area contributed by atoms with E-state index in [-0.39, 0.29) is 21.2 Å². The summed E-state index contributed by atoms with van der Waals surface area (Å²) in [6.07, 6.45) is 0. The van der Waals surface area contributed by atoms with E-state index in [0.29, 0.717) is 11.4 Å². The minimum absolute atomic E-state index is 0.127. The third-order valence-corrected chi connectivity index (χ3v) is 5.87. The van der Waals surface area contributed by atoms with Crippen LogP contribution in [0.5, 0.6) is 5.75 Å². The molecule has 0 aromatic heterocycles. The maximum atomic E-state index is 12.6. The smallest absolute Gasteiger partial charge is 0.261 e. The van der Waals surface area contributed by atoms with Gasteiger partial charge in [0.1, 0.15) is 5.75 Å². The molecule has 0 fully saturated rings. The second kappa shape index (κ2) is 8.55. The van der Waals surface area contributed by atoms with Gasteiger partial charge >= 0.3 is 0 Å². The second-order valence-corrected chi connectivity index (χ2v) is 8.39. The molecule has 0 aliphatic carbocycles. The van der Waals surface area contributed by atoms with Crippen LogP contribution in [0.4, 0.5) is 11.4 Å². The molecular formula is C21H19ClN2O4S. The van der Waals surface area contributed by atoms with E-state index in [4.69, 9.17) is 16.3 Å². The summed E-state index contributed by atoms with van der Waals surface area (Å²) in [7, 11) is -2.24. The first-order valence-electron chi connectivity index (χ1n) is 8.63. The van der Waals surface area contributed by atoms with Crippen molar-refractivity contribution < 1.29 is 17.9 Å². The van der Waals surface area contributed by atoms with Crippen molar-refractivity contribution >= 4 is 38.9 Å². The van der Waals surface area contributed by atoms with Crippen LogP contribution in [-0.2, 0) is 10.0 Å². The molecule has 0 bridgehead atoms. The van der Waals surface area contributed by atoms with Crippen LogP contribution in [0.1, 0.15) is 15.9 Å². The first-order valence-corrected chi connectivity index (χ1v) is 10.5. The molecule has 1 amide bonds. The number of methoxy groups -OCH3 is 1. The highest BCUT2D eigenvalue weighted by Gasteiger charge is 2.17. The Kier molecular flexibility index (Phi) is 6.10. The fraction of sp³-hybridized carbons (Fsp3) is 0.0952. The quantitative estimate of drug-likeness (QED) is 0.593. The molecular weight excluding hydrogens is 412 g/mol. The van der Waals surface area contributed by atoms with Gasteiger partial charge in [-0.2, -0.15) is 0 Å². The Bertz CT molecular complexity index is 1130. The summed E-state index contributed by atoms with van der Waals surface area (Å²) in [4.78, 5) is 12.7. The van der Waals surface area contributed by atoms with Gasteiger partial charge in [-0.3, -0.25) is 9.52 Å². The van der Waals surface area contributed by atoms with Crippen molar-refractivity contribution in [1.29, 1.82) is 0 Å². The summed E-state index contributed by atoms with van der Waals surface area (Å²) in [6.45, 7) is 1.87. The summed E-state index contributed by atoms with van der Waals surface area (Å²) in [5, 5.41) is 2.93. The number of ether oxygens (including phenoxy) is 1. The highest BCUT2D eigenvalue weighted by atomic mass is 35.5. The fourth-order valence-corrected chi connectivity index (χ4v) is 3.82. The maximum Gasteiger partial charge on any atom is 0.261 e. The lowest BCUT2D eigenvalue weighted by Gasteiger charge is -2.12. The van der Waals surface area contributed by atoms with E-state index in [2.05, 4.69) is 10.0 Å². The molecule has 150 valence electrons. The Hall–Kier alpha value is -3.03. The zero-order chi connectivity index (χ0) is 21.0. The first-order chi connectivity index (χ1) is 13.8. The zero-order valence-electron chi connectivity index (χ0n) is 15.8. The van der Waals surface area contributed by atoms with Gasteiger partial charge < -0.3 is 10.1 Å². The fourth-order valence-electron chi connectivity index (χ4n) is 2.57. The van der Waals surface area contributed by atoms with E-state index in [1.807, 2.05) is 6.92 Å². The first kappa shape index (κ1) is 20.7. The number of halogens is 1. The molecule has 0 saturated heterocycles. The maximum absolute atomic E-state index is 12.6. The molecule has 8 heteroatoms. The average molecular weight is 431 g/mol. The predicted octanol–water partition coefficient (Wildman–Crippen LogP) is 4.71. The van der Waals surface area contributed by atoms with Crippen LogP contribution in [0, 0.1) is 6.92 Å². The number of benzene rings is 3. The van der Waals surface area contributed by atoms with Gasteiger partial charge in [-0.25, -0.2) is 8.42 Å². The van der Waals surface area contributed by atoms with E-state index in [0.717, 1.165) is 5.56 Å². The number of hydrogen-bond acceptors (Lipinski definition) is 4. The summed E-state index contributed by atoms with van der Waals surface area (Å²) < 4.78 is 32.7. The Morgan fingerprint density at radius 3 is 2.17 bits per heavy atom. The number of anilines is 2. The lowest BCUT2D eigenvalue weighted by atomic mass is 10.2. The van der Waals surface area contributed by atoms with Crippen LogP contribution in [0.3, 0.4) is 0 Å². The van der Waals surface area contributed by atoms with Crippen molar-refractivity contribution in [2.45, 2.75) is 11.8 Å². The summed E-state index contributed by atoms with van der Waals surface area (Å²) >= 11 is 6.15. The molecule has 3 aromatic carbocycles. The van der Waals surface area contributed by atoms with Crippen LogP contribution >= 0.6 is 11.6 Å². The lowest BCUT2D eigenvalue weighted by molar-refractivity contribution is 0.102. The van der Waals surface area contributed by atoms with Crippen molar-refractivity contribution in [3.8, 4) is 5.75 Å². The SMILES string of the molecule is COc1ccc(NC(=O)c2cc(NS(=O)(=O)c3ccc(C)cc3)ccc2Cl)cc1. The number of aryl methyl sites for hydroxylation is 1. The van der Waals surface area contributed by atoms with Crippen LogP contribution in [-0.4, -0.2) is 21.4 Å². The predicted molar refractivity (Wildman–Crippen MR) is 114 cm³/mol. The Morgan fingerprint density at radius 2 is 1.55 bits per heavy atom. The molecule has 0 atom stereocenters. The molecule has 29 heavy (non-hydrogen) atoms. The van der Waals surface area contributed by atoms with Gasteiger partial charge in [-0.1, -0.05) is 29.3 Å². The highest BCUT2D eigenvalue weighted by molar-refractivity contribution is 7.92. The second-order valence-electron chi connectivity index (χ2n) is 6.30. The summed E-state index contributed by atoms with van der Waals surface area (Å²) in [6, 6.07) is 17.6. The molecule has 0 spiro atoms. The minimum Gasteiger partial charge on any atom is -0.497 e. The van der Waals surface area contributed by atoms with Gasteiger partial charge in [0.25, 0.3) is 15.9 Å². The van der Waals surface area contributed by atoms with E-state index in [1.54, 1.807) is 43.5 Å². The third-order valence-electron chi connectivity index (χ3n) is 4.14. The van der Waals surface area contributed by atoms with Crippen molar-refractivity contribution in [2.24, 2.45) is 0 Å². The number of sulfonamides is 1. The molecule has 0 saturated carbocycles. The number of carbonyl (C=O) groups excluding carboxylic acids is 1. The van der Waals surface area contributed by atoms with Gasteiger partial charge in [-0.05, 0) is 61.5 Å². The molecule has 2 N–H and O–H groups in total. The molecule has 3 rings (SSSR count). The zero-order valence-corrected chi connectivity index (χ0v) is 17.3. The van der Waals surface area contributed by atoms with Crippen molar-refractivity contribution in [2.75, 3.05) is 17.1 Å². The van der Waals surface area contributed by atoms with E-state index >= 15 is 0 Å². The minimum atomic E-state index is -3.79. The number of hydrogen-bond donors (Lipinski definition) is 2. The molecule has 0 radical (unpaired) electrons. The number of rotatable bonds is 6. The van der Waals surface area contributed by atoms with E-state index in [1.165, 1.54) is 30.3 Å². The molecule has 0 heterocycles.